The molecule has 0 aromatic carbocycles. The van der Waals surface area contributed by atoms with Crippen LogP contribution in [0.1, 0.15) is 59.3 Å². The van der Waals surface area contributed by atoms with Gasteiger partial charge >= 0.3 is 0 Å². The van der Waals surface area contributed by atoms with Crippen molar-refractivity contribution >= 4 is 8.32 Å². The lowest BCUT2D eigenvalue weighted by molar-refractivity contribution is 0.319. The Hall–Kier alpha value is -0.303. The third kappa shape index (κ3) is 3.66. The molecule has 20 heavy (non-hydrogen) atoms. The maximum absolute atomic E-state index is 6.11. The molecule has 0 bridgehead atoms. The van der Waals surface area contributed by atoms with Crippen LogP contribution < -0.4 is 0 Å². The van der Waals surface area contributed by atoms with Crippen molar-refractivity contribution in [2.24, 2.45) is 0 Å². The van der Waals surface area contributed by atoms with E-state index in [-0.39, 0.29) is 10.6 Å². The summed E-state index contributed by atoms with van der Waals surface area (Å²) in [6, 6.07) is 0. The van der Waals surface area contributed by atoms with E-state index in [4.69, 9.17) is 9.16 Å². The third-order valence-corrected chi connectivity index (χ3v) is 9.67. The average Bonchev–Trinajstić information content (AvgIpc) is 2.96. The zero-order valence-electron chi connectivity index (χ0n) is 13.8. The molecule has 0 unspecified atom stereocenters. The lowest BCUT2D eigenvalue weighted by atomic mass is 9.91. The van der Waals surface area contributed by atoms with E-state index in [1.165, 1.54) is 32.1 Å². The number of ether oxygens (including phenoxy) is 1. The van der Waals surface area contributed by atoms with Crippen molar-refractivity contribution in [3.05, 3.63) is 0 Å². The van der Waals surface area contributed by atoms with Crippen LogP contribution in [0, 0.1) is 11.8 Å². The first-order valence-corrected chi connectivity index (χ1v) is 11.0. The second-order valence-corrected chi connectivity index (χ2v) is 12.6. The molecule has 1 aliphatic heterocycles. The van der Waals surface area contributed by atoms with Crippen LogP contribution in [0.2, 0.25) is 18.1 Å². The van der Waals surface area contributed by atoms with Gasteiger partial charge in [0.2, 0.25) is 0 Å². The van der Waals surface area contributed by atoms with Gasteiger partial charge in [0, 0.05) is 0 Å². The molecule has 114 valence electrons. The van der Waals surface area contributed by atoms with Crippen molar-refractivity contribution in [2.45, 2.75) is 89.1 Å². The molecule has 1 saturated carbocycles. The van der Waals surface area contributed by atoms with Gasteiger partial charge in [-0.05, 0) is 37.4 Å². The summed E-state index contributed by atoms with van der Waals surface area (Å²) in [6.07, 6.45) is 7.96. The molecule has 2 nitrogen and oxygen atoms in total. The van der Waals surface area contributed by atoms with E-state index >= 15 is 0 Å². The fraction of sp³-hybridized carbons (Fsp3) is 0.882. The minimum absolute atomic E-state index is 0.1000. The highest BCUT2D eigenvalue weighted by Crippen LogP contribution is 2.45. The van der Waals surface area contributed by atoms with E-state index in [1.807, 2.05) is 0 Å². The van der Waals surface area contributed by atoms with Gasteiger partial charge in [-0.25, -0.2) is 0 Å². The molecule has 2 aliphatic rings. The summed E-state index contributed by atoms with van der Waals surface area (Å²) in [5.41, 5.74) is -0.1000. The Bertz CT molecular complexity index is 399. The lowest BCUT2D eigenvalue weighted by Gasteiger charge is -2.35. The minimum atomic E-state index is -1.66. The van der Waals surface area contributed by atoms with Crippen molar-refractivity contribution in [3.8, 4) is 11.8 Å². The van der Waals surface area contributed by atoms with Gasteiger partial charge < -0.3 is 9.16 Å². The van der Waals surface area contributed by atoms with Gasteiger partial charge in [0.15, 0.2) is 13.9 Å². The second kappa shape index (κ2) is 5.83. The fourth-order valence-electron chi connectivity index (χ4n) is 2.59. The molecule has 2 atom stereocenters. The Labute approximate surface area is 125 Å². The maximum Gasteiger partial charge on any atom is 0.193 e. The van der Waals surface area contributed by atoms with Crippen molar-refractivity contribution in [1.82, 2.24) is 0 Å². The number of hydrogen-bond acceptors (Lipinski definition) is 2. The summed E-state index contributed by atoms with van der Waals surface area (Å²) < 4.78 is 12.0. The quantitative estimate of drug-likeness (QED) is 0.425. The molecule has 0 N–H and O–H groups in total. The molecule has 0 spiro atoms. The van der Waals surface area contributed by atoms with Crippen LogP contribution in [0.3, 0.4) is 0 Å². The van der Waals surface area contributed by atoms with E-state index in [9.17, 15) is 0 Å². The summed E-state index contributed by atoms with van der Waals surface area (Å²) >= 11 is 0. The highest BCUT2D eigenvalue weighted by atomic mass is 28.4. The zero-order chi connectivity index (χ0) is 14.9. The molecular weight excluding hydrogens is 264 g/mol. The molecule has 2 fully saturated rings. The molecule has 0 aromatic rings. The number of fused-ring (bicyclic) bond motifs is 1. The van der Waals surface area contributed by atoms with Gasteiger partial charge in [0.25, 0.3) is 0 Å². The first-order chi connectivity index (χ1) is 9.27. The molecule has 0 aromatic heterocycles. The molecule has 0 radical (unpaired) electrons. The molecule has 1 aliphatic carbocycles. The Balaban J connectivity index is 1.86. The highest BCUT2D eigenvalue weighted by molar-refractivity contribution is 6.74. The van der Waals surface area contributed by atoms with E-state index in [0.29, 0.717) is 12.7 Å². The molecule has 2 rings (SSSR count). The summed E-state index contributed by atoms with van der Waals surface area (Å²) in [5, 5.41) is 0.256. The summed E-state index contributed by atoms with van der Waals surface area (Å²) in [7, 11) is -1.66. The first-order valence-electron chi connectivity index (χ1n) is 8.09. The Kier molecular flexibility index (Phi) is 4.68. The van der Waals surface area contributed by atoms with Gasteiger partial charge in [-0.15, -0.1) is 0 Å². The van der Waals surface area contributed by atoms with Crippen molar-refractivity contribution in [3.63, 3.8) is 0 Å². The normalized spacial score (nSPS) is 30.6. The third-order valence-electron chi connectivity index (χ3n) is 5.19. The van der Waals surface area contributed by atoms with E-state index in [0.717, 1.165) is 6.42 Å². The van der Waals surface area contributed by atoms with Gasteiger partial charge in [-0.3, -0.25) is 0 Å². The number of epoxide rings is 1. The van der Waals surface area contributed by atoms with E-state index in [2.05, 4.69) is 45.7 Å². The van der Waals surface area contributed by atoms with Crippen LogP contribution in [0.25, 0.3) is 0 Å². The largest absolute Gasteiger partial charge is 0.406 e. The van der Waals surface area contributed by atoms with Crippen molar-refractivity contribution < 1.29 is 9.16 Å². The Morgan fingerprint density at radius 2 is 1.90 bits per heavy atom. The molecule has 1 heterocycles. The van der Waals surface area contributed by atoms with Crippen LogP contribution in [-0.4, -0.2) is 26.6 Å². The van der Waals surface area contributed by atoms with Gasteiger partial charge in [-0.1, -0.05) is 51.9 Å². The van der Waals surface area contributed by atoms with E-state index < -0.39 is 8.32 Å². The summed E-state index contributed by atoms with van der Waals surface area (Å²) in [6.45, 7) is 11.9. The topological polar surface area (TPSA) is 21.8 Å². The Morgan fingerprint density at radius 3 is 2.60 bits per heavy atom. The van der Waals surface area contributed by atoms with Crippen LogP contribution in [0.4, 0.5) is 0 Å². The van der Waals surface area contributed by atoms with Crippen molar-refractivity contribution in [1.29, 1.82) is 0 Å². The molecular formula is C17H30O2Si. The second-order valence-electron chi connectivity index (χ2n) is 7.80. The summed E-state index contributed by atoms with van der Waals surface area (Å²) in [4.78, 5) is 0. The smallest absolute Gasteiger partial charge is 0.193 e. The van der Waals surface area contributed by atoms with Crippen LogP contribution in [0.15, 0.2) is 0 Å². The monoisotopic (exact) mass is 294 g/mol. The fourth-order valence-corrected chi connectivity index (χ4v) is 3.46. The van der Waals surface area contributed by atoms with Crippen LogP contribution in [0.5, 0.6) is 0 Å². The molecule has 1 saturated heterocycles. The van der Waals surface area contributed by atoms with E-state index in [1.54, 1.807) is 0 Å². The highest BCUT2D eigenvalue weighted by Gasteiger charge is 2.54. The predicted octanol–water partition coefficient (Wildman–Crippen LogP) is 4.50. The summed E-state index contributed by atoms with van der Waals surface area (Å²) in [5.74, 6) is 6.64. The van der Waals surface area contributed by atoms with Crippen LogP contribution in [-0.2, 0) is 9.16 Å². The number of rotatable bonds is 2. The SMILES string of the molecule is CC(C)(C)[Si](C)(C)OCC#C[C@]12CCCCCC[C@H]1O2. The van der Waals surface area contributed by atoms with Crippen molar-refractivity contribution in [2.75, 3.05) is 6.61 Å². The average molecular weight is 295 g/mol. The van der Waals surface area contributed by atoms with Gasteiger partial charge in [0.05, 0.1) is 12.7 Å². The Morgan fingerprint density at radius 1 is 1.20 bits per heavy atom. The zero-order valence-corrected chi connectivity index (χ0v) is 14.8. The molecule has 0 amide bonds. The van der Waals surface area contributed by atoms with Gasteiger partial charge in [-0.2, -0.15) is 0 Å². The maximum atomic E-state index is 6.11. The minimum Gasteiger partial charge on any atom is -0.406 e. The first kappa shape index (κ1) is 16.1. The standard InChI is InChI=1S/C17H30O2Si/c1-16(2,3)20(4,5)18-14-10-13-17-12-9-7-6-8-11-15(17)19-17/h15H,6-9,11-12,14H2,1-5H3/t15-,17-/m1/s1. The number of hydrogen-bond donors (Lipinski definition) is 0. The van der Waals surface area contributed by atoms with Gasteiger partial charge in [0.1, 0.15) is 0 Å². The van der Waals surface area contributed by atoms with Crippen LogP contribution >= 0.6 is 0 Å². The molecule has 3 heteroatoms. The lowest BCUT2D eigenvalue weighted by Crippen LogP contribution is -2.40. The predicted molar refractivity (Wildman–Crippen MR) is 86.2 cm³/mol.